The molecule has 1 aliphatic heterocycles. The highest BCUT2D eigenvalue weighted by molar-refractivity contribution is 6.30. The maximum absolute atomic E-state index is 12.7. The lowest BCUT2D eigenvalue weighted by molar-refractivity contribution is 0.0624. The summed E-state index contributed by atoms with van der Waals surface area (Å²) in [5, 5.41) is 12.7. The van der Waals surface area contributed by atoms with Crippen molar-refractivity contribution in [1.29, 1.82) is 0 Å². The van der Waals surface area contributed by atoms with E-state index in [1.165, 1.54) is 0 Å². The molecule has 0 aliphatic carbocycles. The average molecular weight is 427 g/mol. The predicted molar refractivity (Wildman–Crippen MR) is 113 cm³/mol. The molecule has 9 heteroatoms. The Labute approximate surface area is 180 Å². The molecule has 0 bridgehead atoms. The summed E-state index contributed by atoms with van der Waals surface area (Å²) in [6.45, 7) is 5.99. The first kappa shape index (κ1) is 20.3. The Kier molecular flexibility index (Phi) is 6.25. The van der Waals surface area contributed by atoms with Gasteiger partial charge in [0.2, 0.25) is 0 Å². The second-order valence-electron chi connectivity index (χ2n) is 7.01. The van der Waals surface area contributed by atoms with Crippen molar-refractivity contribution in [3.8, 4) is 11.4 Å². The number of benzene rings is 2. The van der Waals surface area contributed by atoms with E-state index in [-0.39, 0.29) is 5.91 Å². The summed E-state index contributed by atoms with van der Waals surface area (Å²) in [7, 11) is 0. The number of ether oxygens (including phenoxy) is 1. The zero-order valence-electron chi connectivity index (χ0n) is 16.7. The molecule has 1 aromatic heterocycles. The van der Waals surface area contributed by atoms with Crippen LogP contribution in [0.15, 0.2) is 48.5 Å². The Morgan fingerprint density at radius 1 is 1.10 bits per heavy atom. The van der Waals surface area contributed by atoms with Crippen molar-refractivity contribution < 1.29 is 9.53 Å². The summed E-state index contributed by atoms with van der Waals surface area (Å²) < 4.78 is 7.22. The summed E-state index contributed by atoms with van der Waals surface area (Å²) in [6.07, 6.45) is 0. The van der Waals surface area contributed by atoms with Crippen LogP contribution in [0.5, 0.6) is 5.75 Å². The van der Waals surface area contributed by atoms with Gasteiger partial charge in [0, 0.05) is 36.8 Å². The molecule has 1 aliphatic rings. The second-order valence-corrected chi connectivity index (χ2v) is 7.45. The van der Waals surface area contributed by atoms with Crippen molar-refractivity contribution in [2.24, 2.45) is 0 Å². The number of rotatable bonds is 6. The third kappa shape index (κ3) is 4.60. The van der Waals surface area contributed by atoms with Crippen molar-refractivity contribution in [3.63, 3.8) is 0 Å². The number of amides is 1. The summed E-state index contributed by atoms with van der Waals surface area (Å²) >= 11 is 6.01. The monoisotopic (exact) mass is 426 g/mol. The number of hydrogen-bond acceptors (Lipinski definition) is 6. The molecular weight excluding hydrogens is 404 g/mol. The van der Waals surface area contributed by atoms with E-state index in [0.29, 0.717) is 36.8 Å². The van der Waals surface area contributed by atoms with Gasteiger partial charge in [-0.15, -0.1) is 5.10 Å². The predicted octanol–water partition coefficient (Wildman–Crippen LogP) is 2.67. The fourth-order valence-corrected chi connectivity index (χ4v) is 3.66. The molecule has 8 nitrogen and oxygen atoms in total. The van der Waals surface area contributed by atoms with E-state index in [9.17, 15) is 4.79 Å². The van der Waals surface area contributed by atoms with Gasteiger partial charge in [0.15, 0.2) is 5.82 Å². The fraction of sp³-hybridized carbons (Fsp3) is 0.333. The molecule has 1 amide bonds. The van der Waals surface area contributed by atoms with Gasteiger partial charge in [-0.25, -0.2) is 0 Å². The third-order valence-electron chi connectivity index (χ3n) is 5.02. The van der Waals surface area contributed by atoms with Crippen LogP contribution in [0.25, 0.3) is 5.69 Å². The number of carbonyl (C=O) groups is 1. The largest absolute Gasteiger partial charge is 0.494 e. The zero-order valence-corrected chi connectivity index (χ0v) is 17.5. The van der Waals surface area contributed by atoms with Gasteiger partial charge in [-0.1, -0.05) is 17.7 Å². The van der Waals surface area contributed by atoms with Gasteiger partial charge < -0.3 is 9.64 Å². The topological polar surface area (TPSA) is 76.4 Å². The van der Waals surface area contributed by atoms with E-state index in [1.807, 2.05) is 36.1 Å². The Morgan fingerprint density at radius 3 is 2.57 bits per heavy atom. The number of piperazine rings is 1. The van der Waals surface area contributed by atoms with E-state index in [0.717, 1.165) is 30.4 Å². The SMILES string of the molecule is CCOc1ccc(-n2nnnc2CN2CCN(C(=O)c3cccc(Cl)c3)CC2)cc1. The van der Waals surface area contributed by atoms with Crippen LogP contribution in [0.4, 0.5) is 0 Å². The Morgan fingerprint density at radius 2 is 1.87 bits per heavy atom. The molecule has 0 N–H and O–H groups in total. The highest BCUT2D eigenvalue weighted by Crippen LogP contribution is 2.17. The highest BCUT2D eigenvalue weighted by Gasteiger charge is 2.23. The quantitative estimate of drug-likeness (QED) is 0.603. The molecule has 1 saturated heterocycles. The zero-order chi connectivity index (χ0) is 20.9. The molecule has 30 heavy (non-hydrogen) atoms. The lowest BCUT2D eigenvalue weighted by Gasteiger charge is -2.34. The average Bonchev–Trinajstić information content (AvgIpc) is 3.23. The van der Waals surface area contributed by atoms with Crippen LogP contribution in [-0.4, -0.2) is 68.7 Å². The molecular formula is C21H23ClN6O2. The first-order valence-electron chi connectivity index (χ1n) is 9.91. The number of nitrogens with zero attached hydrogens (tertiary/aromatic N) is 6. The van der Waals surface area contributed by atoms with E-state index in [2.05, 4.69) is 20.4 Å². The Hall–Kier alpha value is -2.97. The summed E-state index contributed by atoms with van der Waals surface area (Å²) in [5.74, 6) is 1.58. The number of tetrazole rings is 1. The molecule has 0 radical (unpaired) electrons. The van der Waals surface area contributed by atoms with Gasteiger partial charge in [0.1, 0.15) is 5.75 Å². The Bertz CT molecular complexity index is 999. The van der Waals surface area contributed by atoms with Crippen LogP contribution in [0.2, 0.25) is 5.02 Å². The van der Waals surface area contributed by atoms with E-state index in [4.69, 9.17) is 16.3 Å². The first-order valence-corrected chi connectivity index (χ1v) is 10.3. The standard InChI is InChI=1S/C21H23ClN6O2/c1-2-30-19-8-6-18(7-9-19)28-20(23-24-25-28)15-26-10-12-27(13-11-26)21(29)16-4-3-5-17(22)14-16/h3-9,14H,2,10-13,15H2,1H3. The van der Waals surface area contributed by atoms with Gasteiger partial charge in [-0.05, 0) is 59.8 Å². The van der Waals surface area contributed by atoms with Crippen LogP contribution in [0.1, 0.15) is 23.1 Å². The first-order chi connectivity index (χ1) is 14.6. The van der Waals surface area contributed by atoms with Crippen molar-refractivity contribution in [1.82, 2.24) is 30.0 Å². The molecule has 2 aromatic carbocycles. The minimum Gasteiger partial charge on any atom is -0.494 e. The maximum atomic E-state index is 12.7. The smallest absolute Gasteiger partial charge is 0.253 e. The van der Waals surface area contributed by atoms with E-state index in [1.54, 1.807) is 28.9 Å². The molecule has 4 rings (SSSR count). The number of aromatic nitrogens is 4. The summed E-state index contributed by atoms with van der Waals surface area (Å²) in [5.41, 5.74) is 1.50. The van der Waals surface area contributed by atoms with Gasteiger partial charge in [0.05, 0.1) is 18.8 Å². The van der Waals surface area contributed by atoms with Crippen molar-refractivity contribution in [3.05, 3.63) is 64.9 Å². The second kappa shape index (κ2) is 9.23. The normalized spacial score (nSPS) is 14.7. The number of hydrogen-bond donors (Lipinski definition) is 0. The molecule has 3 aromatic rings. The molecule has 1 fully saturated rings. The lowest BCUT2D eigenvalue weighted by atomic mass is 10.2. The minimum atomic E-state index is 0.0105. The van der Waals surface area contributed by atoms with Gasteiger partial charge in [0.25, 0.3) is 5.91 Å². The fourth-order valence-electron chi connectivity index (χ4n) is 3.47. The van der Waals surface area contributed by atoms with Crippen molar-refractivity contribution in [2.75, 3.05) is 32.8 Å². The molecule has 0 spiro atoms. The van der Waals surface area contributed by atoms with Gasteiger partial charge in [-0.3, -0.25) is 9.69 Å². The molecule has 0 saturated carbocycles. The lowest BCUT2D eigenvalue weighted by Crippen LogP contribution is -2.48. The molecule has 156 valence electrons. The summed E-state index contributed by atoms with van der Waals surface area (Å²) in [4.78, 5) is 16.8. The Balaban J connectivity index is 1.37. The van der Waals surface area contributed by atoms with Crippen LogP contribution < -0.4 is 4.74 Å². The molecule has 0 atom stereocenters. The molecule has 2 heterocycles. The van der Waals surface area contributed by atoms with E-state index >= 15 is 0 Å². The van der Waals surface area contributed by atoms with Crippen LogP contribution in [0.3, 0.4) is 0 Å². The van der Waals surface area contributed by atoms with E-state index < -0.39 is 0 Å². The van der Waals surface area contributed by atoms with Crippen LogP contribution in [-0.2, 0) is 6.54 Å². The molecule has 0 unspecified atom stereocenters. The van der Waals surface area contributed by atoms with Gasteiger partial charge >= 0.3 is 0 Å². The number of halogens is 1. The minimum absolute atomic E-state index is 0.0105. The summed E-state index contributed by atoms with van der Waals surface area (Å²) in [6, 6.07) is 14.8. The van der Waals surface area contributed by atoms with Crippen LogP contribution in [0, 0.1) is 0 Å². The highest BCUT2D eigenvalue weighted by atomic mass is 35.5. The maximum Gasteiger partial charge on any atom is 0.253 e. The van der Waals surface area contributed by atoms with Gasteiger partial charge in [-0.2, -0.15) is 4.68 Å². The number of carbonyl (C=O) groups excluding carboxylic acids is 1. The third-order valence-corrected chi connectivity index (χ3v) is 5.26. The van der Waals surface area contributed by atoms with Crippen molar-refractivity contribution in [2.45, 2.75) is 13.5 Å². The van der Waals surface area contributed by atoms with Crippen LogP contribution >= 0.6 is 11.6 Å². The van der Waals surface area contributed by atoms with Crippen molar-refractivity contribution >= 4 is 17.5 Å².